The SMILES string of the molecule is C#CCOC(=O)/C=C/c1cc(Cl)c(OCc2cccc(Br)c2)c(OC)c1. The molecule has 0 saturated heterocycles. The van der Waals surface area contributed by atoms with Gasteiger partial charge in [-0.2, -0.15) is 0 Å². The lowest BCUT2D eigenvalue weighted by molar-refractivity contribution is -0.136. The van der Waals surface area contributed by atoms with Crippen LogP contribution >= 0.6 is 27.5 Å². The lowest BCUT2D eigenvalue weighted by Gasteiger charge is -2.13. The Bertz CT molecular complexity index is 855. The van der Waals surface area contributed by atoms with Crippen molar-refractivity contribution < 1.29 is 19.0 Å². The maximum absolute atomic E-state index is 11.5. The first-order valence-electron chi connectivity index (χ1n) is 7.56. The van der Waals surface area contributed by atoms with Crippen LogP contribution in [0.4, 0.5) is 0 Å². The van der Waals surface area contributed by atoms with Crippen molar-refractivity contribution >= 4 is 39.6 Å². The Labute approximate surface area is 165 Å². The Kier molecular flexibility index (Phi) is 7.58. The average molecular weight is 436 g/mol. The van der Waals surface area contributed by atoms with E-state index in [1.807, 2.05) is 24.3 Å². The molecule has 0 fully saturated rings. The molecule has 2 aromatic rings. The standard InChI is InChI=1S/C20H16BrClO4/c1-3-9-25-19(23)8-7-14-11-17(22)20(18(12-14)24-2)26-13-15-5-4-6-16(21)10-15/h1,4-8,10-12H,9,13H2,2H3/b8-7+. The number of benzene rings is 2. The summed E-state index contributed by atoms with van der Waals surface area (Å²) in [6.07, 6.45) is 7.86. The van der Waals surface area contributed by atoms with Crippen molar-refractivity contribution in [2.45, 2.75) is 6.61 Å². The number of ether oxygens (including phenoxy) is 3. The number of halogens is 2. The van der Waals surface area contributed by atoms with E-state index in [1.165, 1.54) is 13.2 Å². The van der Waals surface area contributed by atoms with E-state index in [4.69, 9.17) is 32.2 Å². The normalized spacial score (nSPS) is 10.4. The minimum absolute atomic E-state index is 0.0738. The predicted molar refractivity (Wildman–Crippen MR) is 105 cm³/mol. The summed E-state index contributed by atoms with van der Waals surface area (Å²) in [4.78, 5) is 11.5. The minimum Gasteiger partial charge on any atom is -0.493 e. The van der Waals surface area contributed by atoms with Crippen LogP contribution in [-0.2, 0) is 16.1 Å². The number of hydrogen-bond acceptors (Lipinski definition) is 4. The highest BCUT2D eigenvalue weighted by Crippen LogP contribution is 2.37. The summed E-state index contributed by atoms with van der Waals surface area (Å²) >= 11 is 9.74. The van der Waals surface area contributed by atoms with Crippen molar-refractivity contribution in [3.05, 3.63) is 63.1 Å². The first-order valence-corrected chi connectivity index (χ1v) is 8.73. The molecule has 0 aliphatic heterocycles. The van der Waals surface area contributed by atoms with E-state index in [9.17, 15) is 4.79 Å². The van der Waals surface area contributed by atoms with E-state index in [2.05, 4.69) is 21.9 Å². The van der Waals surface area contributed by atoms with Crippen LogP contribution in [0, 0.1) is 12.3 Å². The molecule has 6 heteroatoms. The van der Waals surface area contributed by atoms with E-state index in [0.717, 1.165) is 10.0 Å². The second kappa shape index (κ2) is 9.91. The van der Waals surface area contributed by atoms with Crippen LogP contribution in [0.3, 0.4) is 0 Å². The predicted octanol–water partition coefficient (Wildman–Crippen LogP) is 4.88. The molecule has 134 valence electrons. The molecular weight excluding hydrogens is 420 g/mol. The van der Waals surface area contributed by atoms with Gasteiger partial charge in [0.1, 0.15) is 6.61 Å². The third-order valence-corrected chi connectivity index (χ3v) is 4.01. The van der Waals surface area contributed by atoms with Gasteiger partial charge in [0.2, 0.25) is 0 Å². The van der Waals surface area contributed by atoms with Gasteiger partial charge in [-0.15, -0.1) is 6.42 Å². The van der Waals surface area contributed by atoms with Crippen molar-refractivity contribution in [2.75, 3.05) is 13.7 Å². The van der Waals surface area contributed by atoms with Gasteiger partial charge in [-0.3, -0.25) is 0 Å². The van der Waals surface area contributed by atoms with E-state index in [1.54, 1.807) is 18.2 Å². The number of carbonyl (C=O) groups is 1. The van der Waals surface area contributed by atoms with Crippen LogP contribution in [-0.4, -0.2) is 19.7 Å². The summed E-state index contributed by atoms with van der Waals surface area (Å²) < 4.78 is 16.9. The number of hydrogen-bond donors (Lipinski definition) is 0. The van der Waals surface area contributed by atoms with Crippen LogP contribution in [0.25, 0.3) is 6.08 Å². The maximum Gasteiger partial charge on any atom is 0.331 e. The molecule has 0 unspecified atom stereocenters. The second-order valence-corrected chi connectivity index (χ2v) is 6.42. The van der Waals surface area contributed by atoms with Gasteiger partial charge >= 0.3 is 5.97 Å². The van der Waals surface area contributed by atoms with Crippen LogP contribution in [0.2, 0.25) is 5.02 Å². The lowest BCUT2D eigenvalue weighted by Crippen LogP contribution is -2.00. The topological polar surface area (TPSA) is 44.8 Å². The summed E-state index contributed by atoms with van der Waals surface area (Å²) in [6.45, 7) is 0.263. The lowest BCUT2D eigenvalue weighted by atomic mass is 10.2. The molecule has 0 aliphatic carbocycles. The molecule has 0 atom stereocenters. The van der Waals surface area contributed by atoms with Gasteiger partial charge in [0.15, 0.2) is 18.1 Å². The van der Waals surface area contributed by atoms with Crippen LogP contribution in [0.15, 0.2) is 46.9 Å². The van der Waals surface area contributed by atoms with Crippen LogP contribution in [0.5, 0.6) is 11.5 Å². The molecule has 0 spiro atoms. The number of esters is 1. The fourth-order valence-corrected chi connectivity index (χ4v) is 2.80. The van der Waals surface area contributed by atoms with Crippen molar-refractivity contribution in [1.82, 2.24) is 0 Å². The van der Waals surface area contributed by atoms with Gasteiger partial charge < -0.3 is 14.2 Å². The quantitative estimate of drug-likeness (QED) is 0.353. The van der Waals surface area contributed by atoms with E-state index in [-0.39, 0.29) is 6.61 Å². The Morgan fingerprint density at radius 1 is 1.35 bits per heavy atom. The fraction of sp³-hybridized carbons (Fsp3) is 0.150. The first kappa shape index (κ1) is 19.9. The van der Waals surface area contributed by atoms with Crippen molar-refractivity contribution in [3.63, 3.8) is 0 Å². The zero-order valence-corrected chi connectivity index (χ0v) is 16.3. The molecule has 0 aliphatic rings. The minimum atomic E-state index is -0.534. The van der Waals surface area contributed by atoms with Crippen molar-refractivity contribution in [1.29, 1.82) is 0 Å². The second-order valence-electron chi connectivity index (χ2n) is 5.10. The van der Waals surface area contributed by atoms with Crippen LogP contribution < -0.4 is 9.47 Å². The highest BCUT2D eigenvalue weighted by Gasteiger charge is 2.12. The summed E-state index contributed by atoms with van der Waals surface area (Å²) in [5, 5.41) is 0.371. The van der Waals surface area contributed by atoms with Gasteiger partial charge in [-0.05, 0) is 41.5 Å². The van der Waals surface area contributed by atoms with Gasteiger partial charge in [0, 0.05) is 10.5 Å². The number of methoxy groups -OCH3 is 1. The molecule has 2 aromatic carbocycles. The number of rotatable bonds is 7. The van der Waals surface area contributed by atoms with Gasteiger partial charge in [-0.1, -0.05) is 45.6 Å². The summed E-state index contributed by atoms with van der Waals surface area (Å²) in [5.74, 6) is 2.58. The third kappa shape index (κ3) is 5.83. The molecule has 0 bridgehead atoms. The summed E-state index contributed by atoms with van der Waals surface area (Å²) in [7, 11) is 1.52. The number of terminal acetylenes is 1. The maximum atomic E-state index is 11.5. The third-order valence-electron chi connectivity index (χ3n) is 3.23. The fourth-order valence-electron chi connectivity index (χ4n) is 2.08. The van der Waals surface area contributed by atoms with Crippen molar-refractivity contribution in [3.8, 4) is 23.8 Å². The summed E-state index contributed by atoms with van der Waals surface area (Å²) in [6, 6.07) is 11.2. The largest absolute Gasteiger partial charge is 0.493 e. The zero-order valence-electron chi connectivity index (χ0n) is 14.0. The van der Waals surface area contributed by atoms with Gasteiger partial charge in [0.05, 0.1) is 12.1 Å². The molecule has 2 rings (SSSR count). The zero-order chi connectivity index (χ0) is 18.9. The monoisotopic (exact) mass is 434 g/mol. The average Bonchev–Trinajstić information content (AvgIpc) is 2.63. The molecular formula is C20H16BrClO4. The Hall–Kier alpha value is -2.42. The van der Waals surface area contributed by atoms with E-state index >= 15 is 0 Å². The number of carbonyl (C=O) groups excluding carboxylic acids is 1. The summed E-state index contributed by atoms with van der Waals surface area (Å²) in [5.41, 5.74) is 1.65. The Morgan fingerprint density at radius 3 is 2.85 bits per heavy atom. The smallest absolute Gasteiger partial charge is 0.331 e. The van der Waals surface area contributed by atoms with Crippen LogP contribution in [0.1, 0.15) is 11.1 Å². The molecule has 0 radical (unpaired) electrons. The van der Waals surface area contributed by atoms with Gasteiger partial charge in [0.25, 0.3) is 0 Å². The molecule has 26 heavy (non-hydrogen) atoms. The molecule has 0 N–H and O–H groups in total. The molecule has 4 nitrogen and oxygen atoms in total. The van der Waals surface area contributed by atoms with E-state index < -0.39 is 5.97 Å². The highest BCUT2D eigenvalue weighted by molar-refractivity contribution is 9.10. The van der Waals surface area contributed by atoms with E-state index in [0.29, 0.717) is 28.7 Å². The first-order chi connectivity index (χ1) is 12.5. The Morgan fingerprint density at radius 2 is 2.15 bits per heavy atom. The molecule has 0 amide bonds. The molecule has 0 heterocycles. The molecule has 0 aromatic heterocycles. The van der Waals surface area contributed by atoms with Gasteiger partial charge in [-0.25, -0.2) is 4.79 Å². The molecule has 0 saturated carbocycles. The highest BCUT2D eigenvalue weighted by atomic mass is 79.9. The van der Waals surface area contributed by atoms with Crippen molar-refractivity contribution in [2.24, 2.45) is 0 Å². The Balaban J connectivity index is 2.14.